The Morgan fingerprint density at radius 3 is 2.88 bits per heavy atom. The summed E-state index contributed by atoms with van der Waals surface area (Å²) in [7, 11) is 1.52. The summed E-state index contributed by atoms with van der Waals surface area (Å²) < 4.78 is 45.0. The first-order chi connectivity index (χ1) is 13.2. The summed E-state index contributed by atoms with van der Waals surface area (Å²) in [5.74, 6) is 0.527. The van der Waals surface area contributed by atoms with Gasteiger partial charge in [0.05, 0.1) is 28.6 Å². The van der Waals surface area contributed by atoms with Gasteiger partial charge in [-0.2, -0.15) is 0 Å². The van der Waals surface area contributed by atoms with Gasteiger partial charge in [-0.1, -0.05) is 25.0 Å². The molecule has 0 bridgehead atoms. The number of aryl methyl sites for hydroxylation is 2. The number of benzene rings is 1. The summed E-state index contributed by atoms with van der Waals surface area (Å²) in [6.45, 7) is 0.721. The highest BCUT2D eigenvalue weighted by Crippen LogP contribution is 2.28. The highest BCUT2D eigenvalue weighted by Gasteiger charge is 2.34. The molecule has 134 valence electrons. The standard InChI is InChI=1S/C20H31NO3/c1-15-7-8-16(13-20(15)23-2)10-12-24-19-6-4-3-5-18(19)21-11-9-17(22)14-21/h7-8,13,17-19,22H,3-6,9-12,14H2,1-2H3/t17-,18-,19-/m1/s1/i10D2,12D2. The molecule has 1 aliphatic carbocycles. The van der Waals surface area contributed by atoms with E-state index in [1.807, 2.05) is 6.92 Å². The molecule has 24 heavy (non-hydrogen) atoms. The second-order valence-electron chi connectivity index (χ2n) is 6.86. The molecule has 0 unspecified atom stereocenters. The van der Waals surface area contributed by atoms with Gasteiger partial charge >= 0.3 is 0 Å². The van der Waals surface area contributed by atoms with Crippen LogP contribution in [0.5, 0.6) is 5.75 Å². The lowest BCUT2D eigenvalue weighted by Crippen LogP contribution is -2.46. The van der Waals surface area contributed by atoms with Crippen molar-refractivity contribution in [2.75, 3.05) is 26.8 Å². The summed E-state index contributed by atoms with van der Waals surface area (Å²) in [5.41, 5.74) is 1.06. The zero-order valence-electron chi connectivity index (χ0n) is 18.6. The Kier molecular flexibility index (Phi) is 4.56. The fourth-order valence-electron chi connectivity index (χ4n) is 3.76. The molecule has 0 amide bonds. The van der Waals surface area contributed by atoms with Crippen LogP contribution in [-0.4, -0.2) is 55.0 Å². The summed E-state index contributed by atoms with van der Waals surface area (Å²) in [4.78, 5) is 2.18. The van der Waals surface area contributed by atoms with E-state index >= 15 is 0 Å². The van der Waals surface area contributed by atoms with Crippen molar-refractivity contribution in [2.24, 2.45) is 0 Å². The van der Waals surface area contributed by atoms with E-state index in [1.165, 1.54) is 7.11 Å². The Morgan fingerprint density at radius 1 is 1.29 bits per heavy atom. The molecule has 1 aromatic rings. The third kappa shape index (κ3) is 4.29. The molecule has 1 saturated heterocycles. The van der Waals surface area contributed by atoms with Gasteiger partial charge in [0.2, 0.25) is 0 Å². The number of methoxy groups -OCH3 is 1. The van der Waals surface area contributed by atoms with Crippen molar-refractivity contribution in [1.82, 2.24) is 4.90 Å². The molecule has 0 spiro atoms. The van der Waals surface area contributed by atoms with E-state index in [1.54, 1.807) is 18.2 Å². The Labute approximate surface area is 151 Å². The minimum absolute atomic E-state index is 0.0179. The highest BCUT2D eigenvalue weighted by atomic mass is 16.5. The van der Waals surface area contributed by atoms with E-state index in [-0.39, 0.29) is 17.7 Å². The average Bonchev–Trinajstić information content (AvgIpc) is 3.08. The van der Waals surface area contributed by atoms with Crippen molar-refractivity contribution in [2.45, 2.75) is 63.7 Å². The van der Waals surface area contributed by atoms with Crippen molar-refractivity contribution < 1.29 is 20.1 Å². The van der Waals surface area contributed by atoms with Crippen LogP contribution in [0, 0.1) is 6.92 Å². The zero-order valence-corrected chi connectivity index (χ0v) is 14.6. The van der Waals surface area contributed by atoms with E-state index in [9.17, 15) is 5.11 Å². The molecule has 1 aliphatic heterocycles. The van der Waals surface area contributed by atoms with Gasteiger partial charge in [0, 0.05) is 21.9 Å². The largest absolute Gasteiger partial charge is 0.496 e. The summed E-state index contributed by atoms with van der Waals surface area (Å²) in [6, 6.07) is 4.89. The second kappa shape index (κ2) is 8.32. The van der Waals surface area contributed by atoms with E-state index in [0.717, 1.165) is 37.8 Å². The Bertz CT molecular complexity index is 685. The summed E-state index contributed by atoms with van der Waals surface area (Å²) >= 11 is 0. The molecule has 3 atom stereocenters. The lowest BCUT2D eigenvalue weighted by Gasteiger charge is -2.37. The van der Waals surface area contributed by atoms with Gasteiger partial charge < -0.3 is 14.6 Å². The lowest BCUT2D eigenvalue weighted by molar-refractivity contribution is -0.0316. The maximum atomic E-state index is 9.87. The number of likely N-dealkylation sites (tertiary alicyclic amines) is 1. The quantitative estimate of drug-likeness (QED) is 0.867. The normalized spacial score (nSPS) is 31.9. The zero-order chi connectivity index (χ0) is 20.5. The van der Waals surface area contributed by atoms with E-state index < -0.39 is 19.0 Å². The predicted octanol–water partition coefficient (Wildman–Crippen LogP) is 2.94. The van der Waals surface area contributed by atoms with E-state index in [4.69, 9.17) is 15.0 Å². The number of rotatable bonds is 6. The van der Waals surface area contributed by atoms with Gasteiger partial charge in [-0.15, -0.1) is 0 Å². The van der Waals surface area contributed by atoms with E-state index in [0.29, 0.717) is 18.7 Å². The predicted molar refractivity (Wildman–Crippen MR) is 95.6 cm³/mol. The van der Waals surface area contributed by atoms with Crippen LogP contribution in [0.2, 0.25) is 0 Å². The van der Waals surface area contributed by atoms with Gasteiger partial charge in [-0.3, -0.25) is 4.90 Å². The fraction of sp³-hybridized carbons (Fsp3) is 0.700. The third-order valence-corrected chi connectivity index (χ3v) is 5.15. The van der Waals surface area contributed by atoms with Crippen molar-refractivity contribution in [3.05, 3.63) is 29.3 Å². The van der Waals surface area contributed by atoms with Crippen LogP contribution in [-0.2, 0) is 11.1 Å². The number of hydrogen-bond donors (Lipinski definition) is 1. The van der Waals surface area contributed by atoms with Gasteiger partial charge in [0.25, 0.3) is 0 Å². The van der Waals surface area contributed by atoms with Crippen LogP contribution < -0.4 is 4.74 Å². The van der Waals surface area contributed by atoms with Crippen molar-refractivity contribution in [1.29, 1.82) is 0 Å². The maximum absolute atomic E-state index is 9.87. The molecule has 1 saturated carbocycles. The van der Waals surface area contributed by atoms with Gasteiger partial charge in [-0.25, -0.2) is 0 Å². The van der Waals surface area contributed by atoms with Crippen LogP contribution in [0.3, 0.4) is 0 Å². The minimum Gasteiger partial charge on any atom is -0.496 e. The molecule has 4 nitrogen and oxygen atoms in total. The molecule has 1 N–H and O–H groups in total. The summed E-state index contributed by atoms with van der Waals surface area (Å²) in [6.07, 6.45) is 1.22. The number of hydrogen-bond acceptors (Lipinski definition) is 4. The molecular formula is C20H31NO3. The highest BCUT2D eigenvalue weighted by molar-refractivity contribution is 5.36. The number of β-amino-alcohol motifs (C(OH)–C–C–N with tert-alkyl or cyclic N) is 1. The third-order valence-electron chi connectivity index (χ3n) is 5.15. The Balaban J connectivity index is 1.80. The number of aliphatic hydroxyl groups is 1. The van der Waals surface area contributed by atoms with Gasteiger partial charge in [0.1, 0.15) is 5.75 Å². The lowest BCUT2D eigenvalue weighted by atomic mass is 9.91. The van der Waals surface area contributed by atoms with Crippen molar-refractivity contribution in [3.63, 3.8) is 0 Å². The number of aliphatic hydroxyl groups excluding tert-OH is 1. The van der Waals surface area contributed by atoms with Crippen molar-refractivity contribution in [3.8, 4) is 5.75 Å². The first-order valence-electron chi connectivity index (χ1n) is 10.9. The minimum atomic E-state index is -2.49. The molecular weight excluding hydrogens is 302 g/mol. The molecule has 2 fully saturated rings. The maximum Gasteiger partial charge on any atom is 0.122 e. The molecule has 1 aromatic carbocycles. The van der Waals surface area contributed by atoms with Gasteiger partial charge in [0.15, 0.2) is 0 Å². The number of nitrogens with zero attached hydrogens (tertiary/aromatic N) is 1. The molecule has 0 aromatic heterocycles. The SMILES string of the molecule is [2H]C([2H])(O[C@@H]1CCCC[C@H]1N1CC[C@@H](O)C1)C([2H])([2H])c1ccc(C)c(OC)c1. The monoisotopic (exact) mass is 337 g/mol. The van der Waals surface area contributed by atoms with Crippen molar-refractivity contribution >= 4 is 0 Å². The summed E-state index contributed by atoms with van der Waals surface area (Å²) in [5, 5.41) is 9.87. The first-order valence-corrected chi connectivity index (χ1v) is 8.91. The van der Waals surface area contributed by atoms with Crippen LogP contribution in [0.15, 0.2) is 18.2 Å². The fourth-order valence-corrected chi connectivity index (χ4v) is 3.76. The van der Waals surface area contributed by atoms with Crippen LogP contribution in [0.1, 0.15) is 48.7 Å². The van der Waals surface area contributed by atoms with Gasteiger partial charge in [-0.05, 0) is 49.8 Å². The first kappa shape index (κ1) is 13.2. The Hall–Kier alpha value is -1.10. The van der Waals surface area contributed by atoms with Crippen LogP contribution in [0.4, 0.5) is 0 Å². The van der Waals surface area contributed by atoms with Crippen LogP contribution >= 0.6 is 0 Å². The molecule has 2 aliphatic rings. The average molecular weight is 337 g/mol. The van der Waals surface area contributed by atoms with Crippen LogP contribution in [0.25, 0.3) is 0 Å². The Morgan fingerprint density at radius 2 is 2.12 bits per heavy atom. The smallest absolute Gasteiger partial charge is 0.122 e. The van der Waals surface area contributed by atoms with E-state index in [2.05, 4.69) is 4.90 Å². The number of ether oxygens (including phenoxy) is 2. The molecule has 1 heterocycles. The second-order valence-corrected chi connectivity index (χ2v) is 6.86. The topological polar surface area (TPSA) is 41.9 Å². The molecule has 3 rings (SSSR count). The molecule has 4 heteroatoms. The molecule has 0 radical (unpaired) electrons.